The number of benzene rings is 1. The van der Waals surface area contributed by atoms with Crippen LogP contribution < -0.4 is 11.3 Å². The molecular formula is C23H27N9O2. The van der Waals surface area contributed by atoms with E-state index in [-0.39, 0.29) is 17.4 Å². The number of hydrogen-bond donors (Lipinski definition) is 2. The lowest BCUT2D eigenvalue weighted by Gasteiger charge is -2.34. The summed E-state index contributed by atoms with van der Waals surface area (Å²) in [6.07, 6.45) is 0.986. The normalized spacial score (nSPS) is 14.8. The number of piperazine rings is 1. The lowest BCUT2D eigenvalue weighted by Crippen LogP contribution is -2.48. The van der Waals surface area contributed by atoms with Crippen LogP contribution in [0.5, 0.6) is 0 Å². The number of aryl methyl sites for hydroxylation is 2. The molecule has 1 aliphatic rings. The first-order chi connectivity index (χ1) is 16.4. The molecule has 1 aromatic carbocycles. The second-order valence-corrected chi connectivity index (χ2v) is 8.63. The molecule has 11 heteroatoms. The second-order valence-electron chi connectivity index (χ2n) is 8.63. The van der Waals surface area contributed by atoms with Gasteiger partial charge in [-0.1, -0.05) is 12.1 Å². The van der Waals surface area contributed by atoms with Crippen LogP contribution in [-0.4, -0.2) is 71.4 Å². The lowest BCUT2D eigenvalue weighted by atomic mass is 10.1. The Kier molecular flexibility index (Phi) is 5.70. The average Bonchev–Trinajstić information content (AvgIpc) is 3.19. The monoisotopic (exact) mass is 461 g/mol. The number of hydrogen-bond acceptors (Lipinski definition) is 8. The molecule has 0 spiro atoms. The molecule has 1 saturated heterocycles. The van der Waals surface area contributed by atoms with Crippen LogP contribution in [0.1, 0.15) is 29.2 Å². The van der Waals surface area contributed by atoms with Gasteiger partial charge in [0.2, 0.25) is 11.9 Å². The van der Waals surface area contributed by atoms with Crippen molar-refractivity contribution in [2.75, 3.05) is 31.9 Å². The van der Waals surface area contributed by atoms with Gasteiger partial charge in [0.15, 0.2) is 0 Å². The molecule has 4 heterocycles. The van der Waals surface area contributed by atoms with E-state index >= 15 is 0 Å². The summed E-state index contributed by atoms with van der Waals surface area (Å²) in [6, 6.07) is 7.32. The Morgan fingerprint density at radius 1 is 1.09 bits per heavy atom. The predicted octanol–water partition coefficient (Wildman–Crippen LogP) is 0.837. The molecule has 0 saturated carbocycles. The van der Waals surface area contributed by atoms with Crippen LogP contribution in [0.4, 0.5) is 5.95 Å². The standard InChI is InChI=1S/C23H27N9O2/c1-14-16(15(2)32-23(25-14)28-22(24)29-32)7-8-20(33)31-11-9-30(10-12-31)13-19-26-18-6-4-3-5-17(18)21(34)27-19/h3-6H,7-13H2,1-2H3,(H2,24,29)(H,26,27,34). The minimum Gasteiger partial charge on any atom is -0.366 e. The van der Waals surface area contributed by atoms with Gasteiger partial charge in [0.1, 0.15) is 5.82 Å². The fraction of sp³-hybridized carbons (Fsp3) is 0.391. The van der Waals surface area contributed by atoms with Gasteiger partial charge in [-0.2, -0.15) is 9.50 Å². The highest BCUT2D eigenvalue weighted by molar-refractivity contribution is 5.77. The number of nitrogens with two attached hydrogens (primary N) is 1. The molecule has 34 heavy (non-hydrogen) atoms. The fourth-order valence-electron chi connectivity index (χ4n) is 4.55. The van der Waals surface area contributed by atoms with Gasteiger partial charge in [-0.15, -0.1) is 5.10 Å². The molecule has 1 amide bonds. The van der Waals surface area contributed by atoms with E-state index in [0.717, 1.165) is 30.0 Å². The molecule has 1 aliphatic heterocycles. The summed E-state index contributed by atoms with van der Waals surface area (Å²) >= 11 is 0. The van der Waals surface area contributed by atoms with Crippen molar-refractivity contribution < 1.29 is 4.79 Å². The first-order valence-corrected chi connectivity index (χ1v) is 11.4. The Morgan fingerprint density at radius 2 is 1.85 bits per heavy atom. The first-order valence-electron chi connectivity index (χ1n) is 11.4. The minimum atomic E-state index is -0.124. The number of rotatable bonds is 5. The Labute approximate surface area is 195 Å². The maximum atomic E-state index is 12.9. The van der Waals surface area contributed by atoms with Gasteiger partial charge >= 0.3 is 0 Å². The van der Waals surface area contributed by atoms with Crippen LogP contribution in [0.2, 0.25) is 0 Å². The van der Waals surface area contributed by atoms with Gasteiger partial charge in [-0.3, -0.25) is 14.5 Å². The van der Waals surface area contributed by atoms with Crippen molar-refractivity contribution in [3.8, 4) is 0 Å². The number of carbonyl (C=O) groups is 1. The minimum absolute atomic E-state index is 0.119. The van der Waals surface area contributed by atoms with E-state index in [1.807, 2.05) is 36.9 Å². The number of nitrogen functional groups attached to an aromatic ring is 1. The molecule has 3 aromatic heterocycles. The largest absolute Gasteiger partial charge is 0.366 e. The average molecular weight is 462 g/mol. The second kappa shape index (κ2) is 8.82. The summed E-state index contributed by atoms with van der Waals surface area (Å²) < 4.78 is 1.63. The molecule has 0 unspecified atom stereocenters. The van der Waals surface area contributed by atoms with Gasteiger partial charge in [-0.25, -0.2) is 9.97 Å². The van der Waals surface area contributed by atoms with Gasteiger partial charge < -0.3 is 15.6 Å². The van der Waals surface area contributed by atoms with Crippen LogP contribution in [0.25, 0.3) is 16.7 Å². The van der Waals surface area contributed by atoms with Crippen LogP contribution in [0.15, 0.2) is 29.1 Å². The maximum absolute atomic E-state index is 12.9. The number of fused-ring (bicyclic) bond motifs is 2. The van der Waals surface area contributed by atoms with Crippen LogP contribution >= 0.6 is 0 Å². The SMILES string of the molecule is Cc1nc2nc(N)nn2c(C)c1CCC(=O)N1CCN(Cc2nc3ccccc3c(=O)[nH]2)CC1. The molecule has 3 N–H and O–H groups in total. The molecule has 0 aliphatic carbocycles. The smallest absolute Gasteiger partial charge is 0.258 e. The highest BCUT2D eigenvalue weighted by Gasteiger charge is 2.22. The Morgan fingerprint density at radius 3 is 2.65 bits per heavy atom. The highest BCUT2D eigenvalue weighted by atomic mass is 16.2. The fourth-order valence-corrected chi connectivity index (χ4v) is 4.55. The Balaban J connectivity index is 1.18. The molecular weight excluding hydrogens is 434 g/mol. The zero-order valence-corrected chi connectivity index (χ0v) is 19.3. The molecule has 11 nitrogen and oxygen atoms in total. The highest BCUT2D eigenvalue weighted by Crippen LogP contribution is 2.17. The zero-order chi connectivity index (χ0) is 23.8. The van der Waals surface area contributed by atoms with Gasteiger partial charge in [0.25, 0.3) is 11.3 Å². The zero-order valence-electron chi connectivity index (χ0n) is 19.3. The van der Waals surface area contributed by atoms with E-state index in [1.54, 1.807) is 10.6 Å². The summed E-state index contributed by atoms with van der Waals surface area (Å²) in [4.78, 5) is 45.4. The molecule has 5 rings (SSSR count). The van der Waals surface area contributed by atoms with Crippen molar-refractivity contribution in [1.29, 1.82) is 0 Å². The van der Waals surface area contributed by atoms with Crippen LogP contribution in [0, 0.1) is 13.8 Å². The number of aromatic amines is 1. The molecule has 4 aromatic rings. The van der Waals surface area contributed by atoms with Crippen molar-refractivity contribution in [2.45, 2.75) is 33.2 Å². The van der Waals surface area contributed by atoms with Crippen molar-refractivity contribution >= 4 is 28.5 Å². The Bertz CT molecular complexity index is 1430. The maximum Gasteiger partial charge on any atom is 0.258 e. The summed E-state index contributed by atoms with van der Waals surface area (Å²) in [5, 5.41) is 4.78. The molecule has 176 valence electrons. The third-order valence-corrected chi connectivity index (χ3v) is 6.41. The first kappa shape index (κ1) is 22.0. The number of para-hydroxylation sites is 1. The quantitative estimate of drug-likeness (QED) is 0.446. The summed E-state index contributed by atoms with van der Waals surface area (Å²) in [5.41, 5.74) is 9.01. The van der Waals surface area contributed by atoms with Gasteiger partial charge in [0, 0.05) is 44.0 Å². The van der Waals surface area contributed by atoms with Crippen molar-refractivity contribution in [3.05, 3.63) is 57.4 Å². The third-order valence-electron chi connectivity index (χ3n) is 6.41. The number of H-pyrrole nitrogens is 1. The molecule has 0 bridgehead atoms. The van der Waals surface area contributed by atoms with Crippen molar-refractivity contribution in [1.82, 2.24) is 39.3 Å². The molecule has 1 fully saturated rings. The molecule has 0 atom stereocenters. The summed E-state index contributed by atoms with van der Waals surface area (Å²) in [5.74, 6) is 1.42. The van der Waals surface area contributed by atoms with E-state index in [4.69, 9.17) is 5.73 Å². The number of aromatic nitrogens is 6. The summed E-state index contributed by atoms with van der Waals surface area (Å²) in [6.45, 7) is 7.16. The summed E-state index contributed by atoms with van der Waals surface area (Å²) in [7, 11) is 0. The number of nitrogens with zero attached hydrogens (tertiary/aromatic N) is 7. The predicted molar refractivity (Wildman–Crippen MR) is 127 cm³/mol. The van der Waals surface area contributed by atoms with Crippen molar-refractivity contribution in [2.24, 2.45) is 0 Å². The van der Waals surface area contributed by atoms with Crippen molar-refractivity contribution in [3.63, 3.8) is 0 Å². The third kappa shape index (κ3) is 4.21. The number of carbonyl (C=O) groups excluding carboxylic acids is 1. The lowest BCUT2D eigenvalue weighted by molar-refractivity contribution is -0.133. The van der Waals surface area contributed by atoms with Crippen LogP contribution in [0.3, 0.4) is 0 Å². The topological polar surface area (TPSA) is 138 Å². The van der Waals surface area contributed by atoms with E-state index < -0.39 is 0 Å². The van der Waals surface area contributed by atoms with Gasteiger partial charge in [-0.05, 0) is 38.0 Å². The van der Waals surface area contributed by atoms with Crippen LogP contribution in [-0.2, 0) is 17.8 Å². The van der Waals surface area contributed by atoms with E-state index in [2.05, 4.69) is 29.9 Å². The number of nitrogens with one attached hydrogen (secondary N) is 1. The van der Waals surface area contributed by atoms with E-state index in [1.165, 1.54) is 0 Å². The van der Waals surface area contributed by atoms with Gasteiger partial charge in [0.05, 0.1) is 17.4 Å². The van der Waals surface area contributed by atoms with E-state index in [9.17, 15) is 9.59 Å². The number of amides is 1. The number of anilines is 1. The van der Waals surface area contributed by atoms with E-state index in [0.29, 0.717) is 55.0 Å². The Hall–Kier alpha value is -3.86. The molecule has 0 radical (unpaired) electrons.